The van der Waals surface area contributed by atoms with E-state index in [2.05, 4.69) is 25.9 Å². The number of hydrogen-bond acceptors (Lipinski definition) is 4. The molecule has 0 radical (unpaired) electrons. The Hall–Kier alpha value is -1.10. The van der Waals surface area contributed by atoms with Gasteiger partial charge in [-0.15, -0.1) is 0 Å². The fourth-order valence-electron chi connectivity index (χ4n) is 8.57. The van der Waals surface area contributed by atoms with Gasteiger partial charge in [-0.05, 0) is 98.2 Å². The van der Waals surface area contributed by atoms with E-state index in [9.17, 15) is 15.1 Å². The van der Waals surface area contributed by atoms with Crippen molar-refractivity contribution < 1.29 is 20.2 Å². The van der Waals surface area contributed by atoms with Gasteiger partial charge in [0.1, 0.15) is 0 Å². The van der Waals surface area contributed by atoms with Crippen molar-refractivity contribution in [1.29, 1.82) is 0 Å². The Kier molecular flexibility index (Phi) is 5.50. The molecule has 3 N–H and O–H groups in total. The number of hydrogen-bond donors (Lipinski definition) is 3. The van der Waals surface area contributed by atoms with E-state index in [1.165, 1.54) is 25.7 Å². The SMILES string of the molecule is C[C@H](CCC(=O)O)[C@H]1CC[C@H]2[C@@H]3/C(=N/O)CC4CC(O)CC[C@]4(C)[C@H]3CC[C@]12C. The maximum absolute atomic E-state index is 11.1. The van der Waals surface area contributed by atoms with Crippen molar-refractivity contribution in [3.63, 3.8) is 0 Å². The third-order valence-corrected chi connectivity index (χ3v) is 10.2. The molecule has 0 bridgehead atoms. The number of oxime groups is 1. The molecule has 0 aromatic rings. The second-order valence-electron chi connectivity index (χ2n) is 11.3. The summed E-state index contributed by atoms with van der Waals surface area (Å²) in [6.07, 6.45) is 9.18. The average Bonchev–Trinajstić information content (AvgIpc) is 3.03. The molecule has 164 valence electrons. The zero-order valence-corrected chi connectivity index (χ0v) is 18.3. The van der Waals surface area contributed by atoms with E-state index in [0.717, 1.165) is 37.8 Å². The Bertz CT molecular complexity index is 678. The van der Waals surface area contributed by atoms with Gasteiger partial charge in [0.15, 0.2) is 0 Å². The third-order valence-electron chi connectivity index (χ3n) is 10.2. The van der Waals surface area contributed by atoms with Gasteiger partial charge in [-0.25, -0.2) is 0 Å². The number of aliphatic carboxylic acids is 1. The van der Waals surface area contributed by atoms with Crippen molar-refractivity contribution >= 4 is 11.7 Å². The second-order valence-corrected chi connectivity index (χ2v) is 11.3. The molecule has 0 aromatic heterocycles. The predicted octanol–water partition coefficient (Wildman–Crippen LogP) is 4.95. The van der Waals surface area contributed by atoms with Crippen LogP contribution in [0.5, 0.6) is 0 Å². The van der Waals surface area contributed by atoms with Crippen molar-refractivity contribution in [2.75, 3.05) is 0 Å². The molecule has 0 aliphatic heterocycles. The summed E-state index contributed by atoms with van der Waals surface area (Å²) in [4.78, 5) is 11.1. The number of aliphatic hydroxyl groups excluding tert-OH is 1. The molecule has 0 amide bonds. The maximum Gasteiger partial charge on any atom is 0.303 e. The Morgan fingerprint density at radius 1 is 1.14 bits per heavy atom. The largest absolute Gasteiger partial charge is 0.481 e. The minimum absolute atomic E-state index is 0.204. The van der Waals surface area contributed by atoms with Crippen LogP contribution >= 0.6 is 0 Å². The van der Waals surface area contributed by atoms with Crippen molar-refractivity contribution in [2.24, 2.45) is 51.5 Å². The lowest BCUT2D eigenvalue weighted by Crippen LogP contribution is -2.57. The van der Waals surface area contributed by atoms with Gasteiger partial charge in [0.2, 0.25) is 0 Å². The van der Waals surface area contributed by atoms with E-state index in [1.807, 2.05) is 0 Å². The predicted molar refractivity (Wildman–Crippen MR) is 112 cm³/mol. The first-order valence-electron chi connectivity index (χ1n) is 11.8. The van der Waals surface area contributed by atoms with Crippen LogP contribution < -0.4 is 0 Å². The van der Waals surface area contributed by atoms with Crippen LogP contribution in [0.4, 0.5) is 0 Å². The Morgan fingerprint density at radius 3 is 2.52 bits per heavy atom. The third kappa shape index (κ3) is 3.32. The van der Waals surface area contributed by atoms with Gasteiger partial charge in [-0.1, -0.05) is 25.9 Å². The van der Waals surface area contributed by atoms with E-state index >= 15 is 0 Å². The van der Waals surface area contributed by atoms with Crippen molar-refractivity contribution in [1.82, 2.24) is 0 Å². The molecule has 4 aliphatic rings. The summed E-state index contributed by atoms with van der Waals surface area (Å²) >= 11 is 0. The van der Waals surface area contributed by atoms with Crippen LogP contribution in [0.1, 0.15) is 85.0 Å². The average molecular weight is 406 g/mol. The van der Waals surface area contributed by atoms with E-state index in [4.69, 9.17) is 5.11 Å². The molecule has 4 aliphatic carbocycles. The lowest BCUT2D eigenvalue weighted by atomic mass is 9.44. The fraction of sp³-hybridized carbons (Fsp3) is 0.917. The lowest BCUT2D eigenvalue weighted by molar-refractivity contribution is -0.137. The molecule has 4 rings (SSSR count). The summed E-state index contributed by atoms with van der Waals surface area (Å²) in [5, 5.41) is 33.2. The van der Waals surface area contributed by atoms with Crippen LogP contribution in [0.25, 0.3) is 0 Å². The molecule has 5 nitrogen and oxygen atoms in total. The number of carboxylic acids is 1. The van der Waals surface area contributed by atoms with E-state index in [1.54, 1.807) is 0 Å². The van der Waals surface area contributed by atoms with Crippen molar-refractivity contribution in [3.8, 4) is 0 Å². The number of fused-ring (bicyclic) bond motifs is 5. The van der Waals surface area contributed by atoms with Gasteiger partial charge in [0.25, 0.3) is 0 Å². The van der Waals surface area contributed by atoms with Crippen LogP contribution in [0.15, 0.2) is 5.16 Å². The summed E-state index contributed by atoms with van der Waals surface area (Å²) in [5.74, 6) is 2.15. The molecule has 2 unspecified atom stereocenters. The van der Waals surface area contributed by atoms with Crippen LogP contribution in [-0.4, -0.2) is 33.2 Å². The zero-order valence-electron chi connectivity index (χ0n) is 18.3. The molecule has 4 fully saturated rings. The van der Waals surface area contributed by atoms with E-state index < -0.39 is 5.97 Å². The van der Waals surface area contributed by atoms with Crippen LogP contribution in [0.2, 0.25) is 0 Å². The standard InChI is InChI=1S/C24H39NO4/c1-14(4-7-21(27)28)17-5-6-18-22-19(9-11-24(17,18)3)23(2)10-8-16(26)12-15(23)13-20(22)25-29/h14-19,22,26,29H,4-13H2,1-3H3,(H,27,28)/b25-20+/t14-,15?,16?,17-,18+,19+,22+,23+,24-/m1/s1. The summed E-state index contributed by atoms with van der Waals surface area (Å²) in [6.45, 7) is 7.13. The van der Waals surface area contributed by atoms with Gasteiger partial charge >= 0.3 is 5.97 Å². The van der Waals surface area contributed by atoms with Crippen LogP contribution in [0.3, 0.4) is 0 Å². The molecule has 5 heteroatoms. The quantitative estimate of drug-likeness (QED) is 0.456. The first kappa shape index (κ1) is 21.1. The number of aliphatic hydroxyl groups is 1. The minimum Gasteiger partial charge on any atom is -0.481 e. The molecule has 0 aromatic carbocycles. The number of carbonyl (C=O) groups is 1. The molecule has 0 saturated heterocycles. The highest BCUT2D eigenvalue weighted by Crippen LogP contribution is 2.67. The number of rotatable bonds is 4. The van der Waals surface area contributed by atoms with Crippen LogP contribution in [0, 0.1) is 46.3 Å². The molecular weight excluding hydrogens is 366 g/mol. The zero-order chi connectivity index (χ0) is 21.0. The maximum atomic E-state index is 11.1. The molecule has 0 spiro atoms. The minimum atomic E-state index is -0.694. The summed E-state index contributed by atoms with van der Waals surface area (Å²) in [7, 11) is 0. The van der Waals surface area contributed by atoms with Gasteiger partial charge in [-0.3, -0.25) is 4.79 Å². The number of carboxylic acid groups (broad SMARTS) is 1. The molecule has 29 heavy (non-hydrogen) atoms. The normalized spacial score (nSPS) is 49.2. The highest BCUT2D eigenvalue weighted by molar-refractivity contribution is 5.88. The molecular formula is C24H39NO4. The van der Waals surface area contributed by atoms with Crippen molar-refractivity contribution in [2.45, 2.75) is 91.1 Å². The van der Waals surface area contributed by atoms with Gasteiger partial charge in [0, 0.05) is 12.3 Å². The fourth-order valence-corrected chi connectivity index (χ4v) is 8.57. The highest BCUT2D eigenvalue weighted by Gasteiger charge is 2.62. The number of nitrogens with zero attached hydrogens (tertiary/aromatic N) is 1. The molecule has 9 atom stereocenters. The lowest BCUT2D eigenvalue weighted by Gasteiger charge is -2.61. The van der Waals surface area contributed by atoms with E-state index in [0.29, 0.717) is 35.5 Å². The Balaban J connectivity index is 1.60. The first-order valence-corrected chi connectivity index (χ1v) is 11.8. The van der Waals surface area contributed by atoms with Crippen molar-refractivity contribution in [3.05, 3.63) is 0 Å². The second kappa shape index (κ2) is 7.55. The Morgan fingerprint density at radius 2 is 1.83 bits per heavy atom. The first-order chi connectivity index (χ1) is 13.7. The van der Waals surface area contributed by atoms with E-state index in [-0.39, 0.29) is 23.4 Å². The molecule has 4 saturated carbocycles. The van der Waals surface area contributed by atoms with Gasteiger partial charge < -0.3 is 15.4 Å². The topological polar surface area (TPSA) is 90.1 Å². The summed E-state index contributed by atoms with van der Waals surface area (Å²) in [5.41, 5.74) is 1.44. The Labute approximate surface area is 175 Å². The van der Waals surface area contributed by atoms with Crippen LogP contribution in [-0.2, 0) is 4.79 Å². The summed E-state index contributed by atoms with van der Waals surface area (Å²) in [6, 6.07) is 0. The smallest absolute Gasteiger partial charge is 0.303 e. The van der Waals surface area contributed by atoms with Gasteiger partial charge in [-0.2, -0.15) is 0 Å². The highest BCUT2D eigenvalue weighted by atomic mass is 16.4. The van der Waals surface area contributed by atoms with Gasteiger partial charge in [0.05, 0.1) is 11.8 Å². The molecule has 0 heterocycles. The monoisotopic (exact) mass is 405 g/mol. The summed E-state index contributed by atoms with van der Waals surface area (Å²) < 4.78 is 0.